The van der Waals surface area contributed by atoms with Crippen LogP contribution in [0.15, 0.2) is 55.7 Å². The summed E-state index contributed by atoms with van der Waals surface area (Å²) in [5.41, 5.74) is 0.816. The number of unbranched alkanes of at least 4 members (excludes halogenated alkanes) is 2. The van der Waals surface area contributed by atoms with Gasteiger partial charge in [0.15, 0.2) is 10.4 Å². The molecule has 0 bridgehead atoms. The standard InChI is InChI=1S/C20H20Br2N2O5/c21-14-7-5-13(6-8-14)12-15(24-20(28)16-9-10-17(22)29-16)19(27)23-11-3-1-2-4-18(25)26/h5-10,12H,1-4,11H2,(H,23,27)(H,24,28)(H,25,26)/b15-12+. The zero-order valence-electron chi connectivity index (χ0n) is 15.4. The molecule has 9 heteroatoms. The van der Waals surface area contributed by atoms with Crippen LogP contribution in [0.1, 0.15) is 41.8 Å². The highest BCUT2D eigenvalue weighted by atomic mass is 79.9. The summed E-state index contributed by atoms with van der Waals surface area (Å²) in [5.74, 6) is -1.75. The van der Waals surface area contributed by atoms with E-state index in [4.69, 9.17) is 9.52 Å². The molecule has 1 aromatic heterocycles. The maximum Gasteiger partial charge on any atom is 0.303 e. The third kappa shape index (κ3) is 8.25. The lowest BCUT2D eigenvalue weighted by atomic mass is 10.1. The van der Waals surface area contributed by atoms with E-state index in [1.54, 1.807) is 24.3 Å². The molecule has 0 aliphatic carbocycles. The van der Waals surface area contributed by atoms with Crippen molar-refractivity contribution in [3.05, 3.63) is 62.6 Å². The summed E-state index contributed by atoms with van der Waals surface area (Å²) in [6.07, 6.45) is 3.56. The highest BCUT2D eigenvalue weighted by Crippen LogP contribution is 2.16. The van der Waals surface area contributed by atoms with Crippen LogP contribution in [-0.2, 0) is 9.59 Å². The molecule has 0 aliphatic rings. The Balaban J connectivity index is 2.03. The monoisotopic (exact) mass is 526 g/mol. The molecule has 0 saturated carbocycles. The number of benzene rings is 1. The molecule has 2 amide bonds. The molecule has 7 nitrogen and oxygen atoms in total. The second kappa shape index (κ2) is 11.6. The fourth-order valence-corrected chi connectivity index (χ4v) is 2.95. The van der Waals surface area contributed by atoms with Crippen molar-refractivity contribution >= 4 is 55.7 Å². The number of rotatable bonds is 10. The minimum absolute atomic E-state index is 0.0695. The number of halogens is 2. The highest BCUT2D eigenvalue weighted by Gasteiger charge is 2.17. The van der Waals surface area contributed by atoms with Crippen LogP contribution in [0.25, 0.3) is 6.08 Å². The van der Waals surface area contributed by atoms with E-state index in [1.807, 2.05) is 12.1 Å². The molecule has 2 rings (SSSR count). The summed E-state index contributed by atoms with van der Waals surface area (Å²) in [7, 11) is 0. The van der Waals surface area contributed by atoms with Gasteiger partial charge < -0.3 is 20.2 Å². The van der Waals surface area contributed by atoms with Gasteiger partial charge in [0.25, 0.3) is 11.8 Å². The van der Waals surface area contributed by atoms with Crippen LogP contribution in [0.3, 0.4) is 0 Å². The van der Waals surface area contributed by atoms with Gasteiger partial charge in [-0.2, -0.15) is 0 Å². The van der Waals surface area contributed by atoms with Crippen LogP contribution in [0.2, 0.25) is 0 Å². The number of nitrogens with one attached hydrogen (secondary N) is 2. The zero-order valence-corrected chi connectivity index (χ0v) is 18.6. The van der Waals surface area contributed by atoms with E-state index in [-0.39, 0.29) is 17.9 Å². The van der Waals surface area contributed by atoms with Crippen molar-refractivity contribution in [1.29, 1.82) is 0 Å². The van der Waals surface area contributed by atoms with Crippen molar-refractivity contribution in [2.45, 2.75) is 25.7 Å². The Bertz CT molecular complexity index is 891. The summed E-state index contributed by atoms with van der Waals surface area (Å²) < 4.78 is 6.53. The zero-order chi connectivity index (χ0) is 21.2. The van der Waals surface area contributed by atoms with Gasteiger partial charge in [-0.15, -0.1) is 0 Å². The van der Waals surface area contributed by atoms with Crippen LogP contribution >= 0.6 is 31.9 Å². The van der Waals surface area contributed by atoms with Crippen molar-refractivity contribution in [3.63, 3.8) is 0 Å². The fourth-order valence-electron chi connectivity index (χ4n) is 2.38. The van der Waals surface area contributed by atoms with Crippen molar-refractivity contribution < 1.29 is 23.9 Å². The molecule has 29 heavy (non-hydrogen) atoms. The summed E-state index contributed by atoms with van der Waals surface area (Å²) in [5, 5.41) is 14.0. The summed E-state index contributed by atoms with van der Waals surface area (Å²) in [6.45, 7) is 0.373. The molecule has 1 aromatic carbocycles. The number of furan rings is 1. The Morgan fingerprint density at radius 3 is 2.34 bits per heavy atom. The van der Waals surface area contributed by atoms with Gasteiger partial charge in [-0.05, 0) is 64.7 Å². The highest BCUT2D eigenvalue weighted by molar-refractivity contribution is 9.10. The molecule has 0 aliphatic heterocycles. The molecule has 0 saturated heterocycles. The van der Waals surface area contributed by atoms with Crippen molar-refractivity contribution in [2.75, 3.05) is 6.54 Å². The quantitative estimate of drug-likeness (QED) is 0.314. The molecular weight excluding hydrogens is 508 g/mol. The van der Waals surface area contributed by atoms with Crippen LogP contribution in [0.4, 0.5) is 0 Å². The maximum atomic E-state index is 12.6. The van der Waals surface area contributed by atoms with Crippen LogP contribution in [0.5, 0.6) is 0 Å². The normalized spacial score (nSPS) is 11.2. The van der Waals surface area contributed by atoms with Crippen LogP contribution < -0.4 is 10.6 Å². The van der Waals surface area contributed by atoms with Crippen molar-refractivity contribution in [3.8, 4) is 0 Å². The lowest BCUT2D eigenvalue weighted by molar-refractivity contribution is -0.137. The van der Waals surface area contributed by atoms with E-state index in [0.717, 1.165) is 10.0 Å². The second-order valence-electron chi connectivity index (χ2n) is 6.13. The lowest BCUT2D eigenvalue weighted by Gasteiger charge is -2.10. The van der Waals surface area contributed by atoms with Crippen LogP contribution in [0, 0.1) is 0 Å². The Kier molecular flexibility index (Phi) is 9.14. The average Bonchev–Trinajstić information content (AvgIpc) is 3.11. The predicted molar refractivity (Wildman–Crippen MR) is 115 cm³/mol. The number of carbonyl (C=O) groups excluding carboxylic acids is 2. The van der Waals surface area contributed by atoms with E-state index >= 15 is 0 Å². The van der Waals surface area contributed by atoms with Gasteiger partial charge in [0, 0.05) is 17.4 Å². The summed E-state index contributed by atoms with van der Waals surface area (Å²) in [4.78, 5) is 35.5. The SMILES string of the molecule is O=C(O)CCCCCNC(=O)/C(=C\c1ccc(Br)cc1)NC(=O)c1ccc(Br)o1. The molecular formula is C20H20Br2N2O5. The molecule has 0 spiro atoms. The van der Waals surface area contributed by atoms with Gasteiger partial charge >= 0.3 is 5.97 Å². The largest absolute Gasteiger partial charge is 0.481 e. The first-order valence-corrected chi connectivity index (χ1v) is 10.5. The molecule has 0 atom stereocenters. The van der Waals surface area contributed by atoms with Crippen molar-refractivity contribution in [1.82, 2.24) is 10.6 Å². The summed E-state index contributed by atoms with van der Waals surface area (Å²) in [6, 6.07) is 10.4. The maximum absolute atomic E-state index is 12.6. The van der Waals surface area contributed by atoms with Gasteiger partial charge in [0.05, 0.1) is 0 Å². The van der Waals surface area contributed by atoms with E-state index in [9.17, 15) is 14.4 Å². The fraction of sp³-hybridized carbons (Fsp3) is 0.250. The minimum atomic E-state index is -0.832. The number of carbonyl (C=O) groups is 3. The first-order valence-electron chi connectivity index (χ1n) is 8.89. The van der Waals surface area contributed by atoms with E-state index < -0.39 is 17.8 Å². The van der Waals surface area contributed by atoms with E-state index in [2.05, 4.69) is 42.5 Å². The number of amides is 2. The number of carboxylic acid groups (broad SMARTS) is 1. The lowest BCUT2D eigenvalue weighted by Crippen LogP contribution is -2.35. The van der Waals surface area contributed by atoms with Gasteiger partial charge in [-0.3, -0.25) is 14.4 Å². The smallest absolute Gasteiger partial charge is 0.303 e. The first-order chi connectivity index (χ1) is 13.8. The third-order valence-electron chi connectivity index (χ3n) is 3.82. The predicted octanol–water partition coefficient (Wildman–Crippen LogP) is 4.34. The molecule has 0 unspecified atom stereocenters. The van der Waals surface area contributed by atoms with Crippen molar-refractivity contribution in [2.24, 2.45) is 0 Å². The Morgan fingerprint density at radius 1 is 1.00 bits per heavy atom. The van der Waals surface area contributed by atoms with E-state index in [0.29, 0.717) is 30.5 Å². The number of carboxylic acids is 1. The first kappa shape index (κ1) is 22.9. The molecule has 0 radical (unpaired) electrons. The second-order valence-corrected chi connectivity index (χ2v) is 7.82. The third-order valence-corrected chi connectivity index (χ3v) is 4.78. The topological polar surface area (TPSA) is 109 Å². The Morgan fingerprint density at radius 2 is 1.72 bits per heavy atom. The van der Waals surface area contributed by atoms with E-state index in [1.165, 1.54) is 6.07 Å². The minimum Gasteiger partial charge on any atom is -0.481 e. The van der Waals surface area contributed by atoms with Gasteiger partial charge in [-0.25, -0.2) is 0 Å². The molecule has 1 heterocycles. The van der Waals surface area contributed by atoms with Gasteiger partial charge in [0.2, 0.25) is 0 Å². The number of aliphatic carboxylic acids is 1. The summed E-state index contributed by atoms with van der Waals surface area (Å²) >= 11 is 6.49. The Hall–Kier alpha value is -2.39. The average molecular weight is 528 g/mol. The molecule has 2 aromatic rings. The van der Waals surface area contributed by atoms with Gasteiger partial charge in [0.1, 0.15) is 5.70 Å². The van der Waals surface area contributed by atoms with Gasteiger partial charge in [-0.1, -0.05) is 34.5 Å². The number of hydrogen-bond acceptors (Lipinski definition) is 4. The Labute approximate surface area is 184 Å². The van der Waals surface area contributed by atoms with Crippen LogP contribution in [-0.4, -0.2) is 29.4 Å². The number of hydrogen-bond donors (Lipinski definition) is 3. The molecule has 3 N–H and O–H groups in total. The molecule has 154 valence electrons. The molecule has 0 fully saturated rings.